The molecule has 0 aliphatic heterocycles. The first-order valence-electron chi connectivity index (χ1n) is 4.47. The molecule has 74 valence electrons. The van der Waals surface area contributed by atoms with Crippen LogP contribution in [0.3, 0.4) is 0 Å². The first kappa shape index (κ1) is 11.9. The van der Waals surface area contributed by atoms with Crippen LogP contribution in [0.15, 0.2) is 0 Å². The Bertz CT molecular complexity index is 105. The second-order valence-corrected chi connectivity index (χ2v) is 5.09. The van der Waals surface area contributed by atoms with Crippen LogP contribution in [0.5, 0.6) is 0 Å². The summed E-state index contributed by atoms with van der Waals surface area (Å²) in [6.45, 7) is 2.01. The highest BCUT2D eigenvalue weighted by molar-refractivity contribution is 4.30. The van der Waals surface area contributed by atoms with Crippen LogP contribution in [0.4, 0.5) is 0 Å². The van der Waals surface area contributed by atoms with Gasteiger partial charge in [-0.05, 0) is 0 Å². The van der Waals surface area contributed by atoms with Crippen molar-refractivity contribution in [1.82, 2.24) is 0 Å². The summed E-state index contributed by atoms with van der Waals surface area (Å²) in [5.74, 6) is 0. The normalized spacial score (nSPS) is 13.5. The van der Waals surface area contributed by atoms with E-state index in [1.54, 1.807) is 0 Å². The summed E-state index contributed by atoms with van der Waals surface area (Å²) in [6.07, 6.45) is 1.12. The molecular formula is C9H24N2O+2. The predicted molar refractivity (Wildman–Crippen MR) is 51.5 cm³/mol. The van der Waals surface area contributed by atoms with E-state index in [1.165, 1.54) is 6.54 Å². The molecule has 12 heavy (non-hydrogen) atoms. The van der Waals surface area contributed by atoms with E-state index in [1.807, 2.05) is 21.1 Å². The Morgan fingerprint density at radius 3 is 1.75 bits per heavy atom. The van der Waals surface area contributed by atoms with Crippen LogP contribution < -0.4 is 0 Å². The summed E-state index contributed by atoms with van der Waals surface area (Å²) >= 11 is 0. The molecule has 0 saturated heterocycles. The van der Waals surface area contributed by atoms with Gasteiger partial charge in [-0.15, -0.1) is 0 Å². The van der Waals surface area contributed by atoms with Crippen LogP contribution >= 0.6 is 0 Å². The van der Waals surface area contributed by atoms with Crippen molar-refractivity contribution >= 4 is 0 Å². The van der Waals surface area contributed by atoms with E-state index in [9.17, 15) is 0 Å². The number of hydrogen-bond acceptors (Lipinski definition) is 1. The summed E-state index contributed by atoms with van der Waals surface area (Å²) in [4.78, 5) is 5.55. The molecule has 3 nitrogen and oxygen atoms in total. The molecule has 0 fully saturated rings. The molecule has 0 N–H and O–H groups in total. The minimum absolute atomic E-state index is 0.594. The van der Waals surface area contributed by atoms with Gasteiger partial charge in [0.1, 0.15) is 6.61 Å². The maximum absolute atomic E-state index is 5.55. The van der Waals surface area contributed by atoms with Gasteiger partial charge in [0.15, 0.2) is 0 Å². The third-order valence-electron chi connectivity index (χ3n) is 1.45. The average Bonchev–Trinajstić information content (AvgIpc) is 1.76. The number of quaternary nitrogens is 2. The van der Waals surface area contributed by atoms with E-state index in [0.29, 0.717) is 4.65 Å². The molecule has 0 aromatic rings. The van der Waals surface area contributed by atoms with Gasteiger partial charge in [-0.2, -0.15) is 4.65 Å². The molecular weight excluding hydrogens is 152 g/mol. The van der Waals surface area contributed by atoms with E-state index in [4.69, 9.17) is 4.84 Å². The lowest BCUT2D eigenvalue weighted by molar-refractivity contribution is -1.06. The molecule has 3 heteroatoms. The molecule has 0 aliphatic carbocycles. The lowest BCUT2D eigenvalue weighted by Gasteiger charge is -2.25. The summed E-state index contributed by atoms with van der Waals surface area (Å²) in [7, 11) is 12.7. The second-order valence-electron chi connectivity index (χ2n) is 5.09. The van der Waals surface area contributed by atoms with Crippen molar-refractivity contribution in [3.05, 3.63) is 0 Å². The van der Waals surface area contributed by atoms with E-state index in [0.717, 1.165) is 17.5 Å². The Morgan fingerprint density at radius 1 is 0.917 bits per heavy atom. The first-order chi connectivity index (χ1) is 5.21. The fourth-order valence-corrected chi connectivity index (χ4v) is 0.877. The van der Waals surface area contributed by atoms with Crippen LogP contribution in [-0.2, 0) is 4.84 Å². The van der Waals surface area contributed by atoms with E-state index < -0.39 is 0 Å². The van der Waals surface area contributed by atoms with E-state index in [2.05, 4.69) is 21.1 Å². The van der Waals surface area contributed by atoms with Crippen molar-refractivity contribution in [3.63, 3.8) is 0 Å². The largest absolute Gasteiger partial charge is 0.331 e. The van der Waals surface area contributed by atoms with E-state index in [-0.39, 0.29) is 0 Å². The molecule has 0 spiro atoms. The monoisotopic (exact) mass is 176 g/mol. The second kappa shape index (κ2) is 4.21. The van der Waals surface area contributed by atoms with Crippen molar-refractivity contribution in [3.8, 4) is 0 Å². The molecule has 0 radical (unpaired) electrons. The highest BCUT2D eigenvalue weighted by Crippen LogP contribution is 1.97. The Kier molecular flexibility index (Phi) is 4.17. The van der Waals surface area contributed by atoms with Gasteiger partial charge in [-0.1, -0.05) is 0 Å². The Labute approximate surface area is 76.7 Å². The molecule has 0 aliphatic rings. The third-order valence-corrected chi connectivity index (χ3v) is 1.45. The average molecular weight is 176 g/mol. The zero-order chi connectivity index (χ0) is 9.83. The SMILES string of the molecule is C[N+](C)(C)CCCO[N+](C)(C)C. The van der Waals surface area contributed by atoms with Crippen molar-refractivity contribution < 1.29 is 14.0 Å². The lowest BCUT2D eigenvalue weighted by Crippen LogP contribution is -2.38. The Balaban J connectivity index is 3.35. The van der Waals surface area contributed by atoms with Gasteiger partial charge >= 0.3 is 0 Å². The maximum atomic E-state index is 5.55. The maximum Gasteiger partial charge on any atom is 0.111 e. The Hall–Kier alpha value is -0.120. The molecule has 0 bridgehead atoms. The molecule has 0 atom stereocenters. The van der Waals surface area contributed by atoms with Crippen molar-refractivity contribution in [2.24, 2.45) is 0 Å². The van der Waals surface area contributed by atoms with Gasteiger partial charge in [0.2, 0.25) is 0 Å². The van der Waals surface area contributed by atoms with Crippen LogP contribution in [0.1, 0.15) is 6.42 Å². The summed E-state index contributed by atoms with van der Waals surface area (Å²) in [5, 5.41) is 0. The Morgan fingerprint density at radius 2 is 1.42 bits per heavy atom. The topological polar surface area (TPSA) is 9.23 Å². The predicted octanol–water partition coefficient (Wildman–Crippen LogP) is 0.720. The third kappa shape index (κ3) is 9.88. The number of hydroxylamine groups is 3. The smallest absolute Gasteiger partial charge is 0.111 e. The quantitative estimate of drug-likeness (QED) is 0.341. The van der Waals surface area contributed by atoms with E-state index >= 15 is 0 Å². The first-order valence-corrected chi connectivity index (χ1v) is 4.47. The van der Waals surface area contributed by atoms with Crippen LogP contribution in [-0.4, -0.2) is 64.6 Å². The molecule has 0 rings (SSSR count). The minimum Gasteiger partial charge on any atom is -0.331 e. The van der Waals surface area contributed by atoms with Crippen LogP contribution in [0.2, 0.25) is 0 Å². The standard InChI is InChI=1S/C9H24N2O/c1-10(2,3)8-7-9-12-11(4,5)6/h7-9H2,1-6H3/q+2. The minimum atomic E-state index is 0.594. The molecule has 0 heterocycles. The number of rotatable bonds is 5. The lowest BCUT2D eigenvalue weighted by atomic mass is 10.4. The molecule has 0 saturated carbocycles. The van der Waals surface area contributed by atoms with Gasteiger partial charge < -0.3 is 4.48 Å². The fourth-order valence-electron chi connectivity index (χ4n) is 0.877. The number of nitrogens with zero attached hydrogens (tertiary/aromatic N) is 2. The molecule has 0 amide bonds. The van der Waals surface area contributed by atoms with Gasteiger partial charge in [0.05, 0.1) is 48.8 Å². The van der Waals surface area contributed by atoms with Crippen LogP contribution in [0.25, 0.3) is 0 Å². The van der Waals surface area contributed by atoms with Gasteiger partial charge in [0, 0.05) is 6.42 Å². The molecule has 0 aromatic carbocycles. The molecule has 0 unspecified atom stereocenters. The van der Waals surface area contributed by atoms with Crippen molar-refractivity contribution in [1.29, 1.82) is 0 Å². The summed E-state index contributed by atoms with van der Waals surface area (Å²) < 4.78 is 1.61. The highest BCUT2D eigenvalue weighted by atomic mass is 16.7. The highest BCUT2D eigenvalue weighted by Gasteiger charge is 2.10. The number of hydrogen-bond donors (Lipinski definition) is 0. The zero-order valence-corrected chi connectivity index (χ0v) is 9.42. The van der Waals surface area contributed by atoms with Crippen molar-refractivity contribution in [2.45, 2.75) is 6.42 Å². The van der Waals surface area contributed by atoms with Gasteiger partial charge in [0.25, 0.3) is 0 Å². The zero-order valence-electron chi connectivity index (χ0n) is 9.42. The fraction of sp³-hybridized carbons (Fsp3) is 1.00. The summed E-state index contributed by atoms with van der Waals surface area (Å²) in [5.41, 5.74) is 0. The van der Waals surface area contributed by atoms with Gasteiger partial charge in [-0.25, -0.2) is 4.84 Å². The molecule has 0 aromatic heterocycles. The van der Waals surface area contributed by atoms with Crippen LogP contribution in [0, 0.1) is 0 Å². The van der Waals surface area contributed by atoms with Crippen molar-refractivity contribution in [2.75, 3.05) is 55.4 Å². The summed E-state index contributed by atoms with van der Waals surface area (Å²) in [6, 6.07) is 0. The van der Waals surface area contributed by atoms with Gasteiger partial charge in [-0.3, -0.25) is 0 Å².